The lowest BCUT2D eigenvalue weighted by Gasteiger charge is -2.18. The van der Waals surface area contributed by atoms with Gasteiger partial charge in [-0.05, 0) is 13.8 Å². The van der Waals surface area contributed by atoms with Gasteiger partial charge in [-0.3, -0.25) is 0 Å². The van der Waals surface area contributed by atoms with Gasteiger partial charge in [0, 0.05) is 6.08 Å². The zero-order valence-electron chi connectivity index (χ0n) is 9.68. The lowest BCUT2D eigenvalue weighted by molar-refractivity contribution is -0.228. The Morgan fingerprint density at radius 1 is 1.25 bits per heavy atom. The topological polar surface area (TPSA) is 54.0 Å². The van der Waals surface area contributed by atoms with Gasteiger partial charge in [-0.25, -0.2) is 4.79 Å². The smallest absolute Gasteiger partial charge is 0.332 e. The summed E-state index contributed by atoms with van der Waals surface area (Å²) in [6.07, 6.45) is 1.24. The minimum Gasteiger partial charge on any atom is -0.499 e. The molecule has 0 aliphatic rings. The first-order chi connectivity index (χ1) is 7.60. The molecule has 0 aliphatic carbocycles. The summed E-state index contributed by atoms with van der Waals surface area (Å²) in [5.41, 5.74) is 0. The number of ether oxygens (including phenoxy) is 4. The molecule has 0 aromatic heterocycles. The third-order valence-corrected chi connectivity index (χ3v) is 1.50. The Hall–Kier alpha value is -1.33. The molecule has 0 bridgehead atoms. The number of carbonyl (C=O) groups is 1. The summed E-state index contributed by atoms with van der Waals surface area (Å²) in [4.78, 5) is 10.8. The fourth-order valence-corrected chi connectivity index (χ4v) is 0.894. The fourth-order valence-electron chi connectivity index (χ4n) is 0.894. The number of rotatable bonds is 9. The van der Waals surface area contributed by atoms with E-state index in [0.717, 1.165) is 6.08 Å². The van der Waals surface area contributed by atoms with E-state index in [4.69, 9.17) is 18.9 Å². The maximum Gasteiger partial charge on any atom is 0.332 e. The lowest BCUT2D eigenvalue weighted by atomic mass is 10.6. The minimum absolute atomic E-state index is 0.370. The highest BCUT2D eigenvalue weighted by Gasteiger charge is 2.11. The summed E-state index contributed by atoms with van der Waals surface area (Å²) in [6, 6.07) is 0. The largest absolute Gasteiger partial charge is 0.499 e. The van der Waals surface area contributed by atoms with E-state index in [-0.39, 0.29) is 0 Å². The summed E-state index contributed by atoms with van der Waals surface area (Å²) in [5, 5.41) is 0. The molecule has 16 heavy (non-hydrogen) atoms. The molecule has 92 valence electrons. The average molecular weight is 230 g/mol. The third kappa shape index (κ3) is 8.02. The van der Waals surface area contributed by atoms with Crippen LogP contribution < -0.4 is 0 Å². The molecule has 2 atom stereocenters. The average Bonchev–Trinajstić information content (AvgIpc) is 2.24. The van der Waals surface area contributed by atoms with Crippen LogP contribution in [0, 0.1) is 0 Å². The standard InChI is InChI=1S/C11H18O5/c1-5-11(12)16-10(4)15-9(3)14-8-7-13-6-2/h5-6,9-10H,1-2,7-8H2,3-4H3. The molecule has 0 saturated carbocycles. The predicted octanol–water partition coefficient (Wildman–Crippen LogP) is 1.60. The Morgan fingerprint density at radius 3 is 2.50 bits per heavy atom. The molecule has 0 heterocycles. The molecule has 0 saturated heterocycles. The van der Waals surface area contributed by atoms with Gasteiger partial charge < -0.3 is 18.9 Å². The van der Waals surface area contributed by atoms with Crippen LogP contribution in [0.3, 0.4) is 0 Å². The molecule has 0 rings (SSSR count). The zero-order chi connectivity index (χ0) is 12.4. The van der Waals surface area contributed by atoms with E-state index in [0.29, 0.717) is 13.2 Å². The van der Waals surface area contributed by atoms with Crippen molar-refractivity contribution in [1.29, 1.82) is 0 Å². The molecule has 0 amide bonds. The second-order valence-electron chi connectivity index (χ2n) is 2.82. The molecule has 2 unspecified atom stereocenters. The van der Waals surface area contributed by atoms with Crippen LogP contribution in [-0.4, -0.2) is 31.8 Å². The number of carbonyl (C=O) groups excluding carboxylic acids is 1. The Balaban J connectivity index is 3.60. The van der Waals surface area contributed by atoms with Gasteiger partial charge in [0.15, 0.2) is 6.29 Å². The number of esters is 1. The molecule has 0 aromatic carbocycles. The number of hydrogen-bond donors (Lipinski definition) is 0. The molecule has 0 fully saturated rings. The Bertz CT molecular complexity index is 226. The van der Waals surface area contributed by atoms with Crippen molar-refractivity contribution in [3.05, 3.63) is 25.5 Å². The molecule has 0 spiro atoms. The normalized spacial score (nSPS) is 13.6. The summed E-state index contributed by atoms with van der Waals surface area (Å²) in [7, 11) is 0. The zero-order valence-corrected chi connectivity index (χ0v) is 9.68. The van der Waals surface area contributed by atoms with Crippen LogP contribution in [-0.2, 0) is 23.7 Å². The van der Waals surface area contributed by atoms with Gasteiger partial charge in [-0.2, -0.15) is 0 Å². The van der Waals surface area contributed by atoms with Gasteiger partial charge in [0.05, 0.1) is 12.9 Å². The highest BCUT2D eigenvalue weighted by Crippen LogP contribution is 2.02. The Labute approximate surface area is 95.6 Å². The van der Waals surface area contributed by atoms with E-state index in [1.54, 1.807) is 13.8 Å². The van der Waals surface area contributed by atoms with Gasteiger partial charge >= 0.3 is 5.97 Å². The molecule has 5 nitrogen and oxygen atoms in total. The predicted molar refractivity (Wildman–Crippen MR) is 58.4 cm³/mol. The minimum atomic E-state index is -0.680. The van der Waals surface area contributed by atoms with Gasteiger partial charge in [0.25, 0.3) is 0 Å². The molecule has 0 radical (unpaired) electrons. The quantitative estimate of drug-likeness (QED) is 0.198. The monoisotopic (exact) mass is 230 g/mol. The second kappa shape index (κ2) is 8.94. The highest BCUT2D eigenvalue weighted by molar-refractivity contribution is 5.81. The molecule has 0 aliphatic heterocycles. The van der Waals surface area contributed by atoms with Crippen molar-refractivity contribution in [3.8, 4) is 0 Å². The first kappa shape index (κ1) is 14.7. The summed E-state index contributed by atoms with van der Waals surface area (Å²) in [6.45, 7) is 10.7. The summed E-state index contributed by atoms with van der Waals surface area (Å²) in [5.74, 6) is -0.533. The van der Waals surface area contributed by atoms with E-state index in [9.17, 15) is 4.79 Å². The van der Waals surface area contributed by atoms with E-state index < -0.39 is 18.5 Å². The SMILES string of the molecule is C=COCCOC(C)OC(C)OC(=O)C=C. The van der Waals surface area contributed by atoms with Crippen molar-refractivity contribution < 1.29 is 23.7 Å². The van der Waals surface area contributed by atoms with Crippen LogP contribution in [0.2, 0.25) is 0 Å². The van der Waals surface area contributed by atoms with Crippen LogP contribution in [0.15, 0.2) is 25.5 Å². The Kier molecular flexibility index (Phi) is 8.19. The molecular weight excluding hydrogens is 212 g/mol. The molecular formula is C11H18O5. The van der Waals surface area contributed by atoms with E-state index in [2.05, 4.69) is 13.2 Å². The van der Waals surface area contributed by atoms with E-state index >= 15 is 0 Å². The van der Waals surface area contributed by atoms with E-state index in [1.807, 2.05) is 0 Å². The fraction of sp³-hybridized carbons (Fsp3) is 0.545. The first-order valence-corrected chi connectivity index (χ1v) is 4.92. The van der Waals surface area contributed by atoms with Crippen LogP contribution >= 0.6 is 0 Å². The van der Waals surface area contributed by atoms with Crippen molar-refractivity contribution in [1.82, 2.24) is 0 Å². The second-order valence-corrected chi connectivity index (χ2v) is 2.82. The molecule has 0 N–H and O–H groups in total. The summed E-state index contributed by atoms with van der Waals surface area (Å²) < 4.78 is 20.1. The van der Waals surface area contributed by atoms with Crippen molar-refractivity contribution in [2.75, 3.05) is 13.2 Å². The third-order valence-electron chi connectivity index (χ3n) is 1.50. The van der Waals surface area contributed by atoms with Crippen molar-refractivity contribution in [3.63, 3.8) is 0 Å². The lowest BCUT2D eigenvalue weighted by Crippen LogP contribution is -2.25. The van der Waals surface area contributed by atoms with Crippen LogP contribution in [0.1, 0.15) is 13.8 Å². The molecule has 0 aromatic rings. The van der Waals surface area contributed by atoms with Crippen LogP contribution in [0.25, 0.3) is 0 Å². The molecule has 5 heteroatoms. The first-order valence-electron chi connectivity index (χ1n) is 4.92. The van der Waals surface area contributed by atoms with Crippen molar-refractivity contribution >= 4 is 5.97 Å². The van der Waals surface area contributed by atoms with Gasteiger partial charge in [-0.1, -0.05) is 13.2 Å². The van der Waals surface area contributed by atoms with Crippen LogP contribution in [0.4, 0.5) is 0 Å². The number of hydrogen-bond acceptors (Lipinski definition) is 5. The van der Waals surface area contributed by atoms with E-state index in [1.165, 1.54) is 6.26 Å². The summed E-state index contributed by atoms with van der Waals surface area (Å²) >= 11 is 0. The van der Waals surface area contributed by atoms with Crippen LogP contribution in [0.5, 0.6) is 0 Å². The van der Waals surface area contributed by atoms with Gasteiger partial charge in [0.1, 0.15) is 6.61 Å². The van der Waals surface area contributed by atoms with Gasteiger partial charge in [-0.15, -0.1) is 0 Å². The van der Waals surface area contributed by atoms with Gasteiger partial charge in [0.2, 0.25) is 6.29 Å². The van der Waals surface area contributed by atoms with Crippen molar-refractivity contribution in [2.45, 2.75) is 26.4 Å². The Morgan fingerprint density at radius 2 is 1.94 bits per heavy atom. The maximum atomic E-state index is 10.8. The highest BCUT2D eigenvalue weighted by atomic mass is 16.8. The van der Waals surface area contributed by atoms with Crippen molar-refractivity contribution in [2.24, 2.45) is 0 Å². The maximum absolute atomic E-state index is 10.8.